The minimum atomic E-state index is 0.783. The number of benzene rings is 2. The van der Waals surface area contributed by atoms with Crippen LogP contribution in [0.5, 0.6) is 0 Å². The minimum absolute atomic E-state index is 0.783. The fourth-order valence-corrected chi connectivity index (χ4v) is 3.51. The van der Waals surface area contributed by atoms with Gasteiger partial charge in [0.1, 0.15) is 0 Å². The van der Waals surface area contributed by atoms with Crippen LogP contribution in [0, 0.1) is 0 Å². The maximum Gasteiger partial charge on any atom is 0.0410 e. The van der Waals surface area contributed by atoms with Gasteiger partial charge in [0.25, 0.3) is 0 Å². The van der Waals surface area contributed by atoms with Gasteiger partial charge in [-0.15, -0.1) is 0 Å². The minimum Gasteiger partial charge on any atom is -0.385 e. The van der Waals surface area contributed by atoms with Gasteiger partial charge in [0, 0.05) is 41.9 Å². The summed E-state index contributed by atoms with van der Waals surface area (Å²) >= 11 is 6.16. The summed E-state index contributed by atoms with van der Waals surface area (Å²) < 4.78 is 0. The van der Waals surface area contributed by atoms with E-state index in [1.54, 1.807) is 6.20 Å². The second-order valence-electron chi connectivity index (χ2n) is 7.08. The highest BCUT2D eigenvalue weighted by molar-refractivity contribution is 6.30. The summed E-state index contributed by atoms with van der Waals surface area (Å²) in [6, 6.07) is 18.7. The lowest BCUT2D eigenvalue weighted by molar-refractivity contribution is 0.763. The summed E-state index contributed by atoms with van der Waals surface area (Å²) in [4.78, 5) is 4.18. The third kappa shape index (κ3) is 6.37. The van der Waals surface area contributed by atoms with E-state index in [4.69, 9.17) is 11.6 Å². The first kappa shape index (κ1) is 20.9. The van der Waals surface area contributed by atoms with Crippen molar-refractivity contribution in [2.75, 3.05) is 18.4 Å². The normalized spacial score (nSPS) is 10.6. The van der Waals surface area contributed by atoms with Crippen LogP contribution in [0.25, 0.3) is 5.70 Å². The Morgan fingerprint density at radius 2 is 1.90 bits per heavy atom. The molecule has 0 bridgehead atoms. The molecule has 150 valence electrons. The highest BCUT2D eigenvalue weighted by Crippen LogP contribution is 2.22. The third-order valence-corrected chi connectivity index (χ3v) is 5.06. The van der Waals surface area contributed by atoms with Crippen molar-refractivity contribution >= 4 is 23.0 Å². The molecule has 0 saturated heterocycles. The van der Waals surface area contributed by atoms with Gasteiger partial charge >= 0.3 is 0 Å². The Labute approximate surface area is 178 Å². The van der Waals surface area contributed by atoms with Gasteiger partial charge < -0.3 is 10.6 Å². The van der Waals surface area contributed by atoms with Crippen molar-refractivity contribution in [1.82, 2.24) is 10.3 Å². The Balaban J connectivity index is 1.48. The Kier molecular flexibility index (Phi) is 7.71. The number of hydrogen-bond donors (Lipinski definition) is 2. The maximum absolute atomic E-state index is 6.16. The maximum atomic E-state index is 6.16. The number of aromatic nitrogens is 1. The summed E-state index contributed by atoms with van der Waals surface area (Å²) in [5.74, 6) is 0. The van der Waals surface area contributed by atoms with Crippen LogP contribution in [0.3, 0.4) is 0 Å². The summed E-state index contributed by atoms with van der Waals surface area (Å²) in [6.45, 7) is 8.07. The average Bonchev–Trinajstić information content (AvgIpc) is 2.74. The third-order valence-electron chi connectivity index (χ3n) is 4.83. The Morgan fingerprint density at radius 3 is 2.62 bits per heavy atom. The van der Waals surface area contributed by atoms with Crippen molar-refractivity contribution in [2.24, 2.45) is 0 Å². The summed E-state index contributed by atoms with van der Waals surface area (Å²) in [5, 5.41) is 7.63. The van der Waals surface area contributed by atoms with E-state index in [0.717, 1.165) is 48.6 Å². The topological polar surface area (TPSA) is 37.0 Å². The molecule has 3 nitrogen and oxygen atoms in total. The fraction of sp³-hybridized carbons (Fsp3) is 0.240. The molecule has 0 atom stereocenters. The van der Waals surface area contributed by atoms with Crippen LogP contribution in [-0.2, 0) is 12.8 Å². The molecule has 4 heteroatoms. The van der Waals surface area contributed by atoms with E-state index in [2.05, 4.69) is 71.6 Å². The highest BCUT2D eigenvalue weighted by Gasteiger charge is 2.04. The van der Waals surface area contributed by atoms with Crippen molar-refractivity contribution in [3.63, 3.8) is 0 Å². The van der Waals surface area contributed by atoms with Gasteiger partial charge in [0.2, 0.25) is 0 Å². The van der Waals surface area contributed by atoms with Gasteiger partial charge in [0.05, 0.1) is 0 Å². The van der Waals surface area contributed by atoms with E-state index in [1.165, 1.54) is 22.4 Å². The number of aryl methyl sites for hydroxylation is 1. The fourth-order valence-electron chi connectivity index (χ4n) is 3.31. The van der Waals surface area contributed by atoms with Crippen LogP contribution in [0.4, 0.5) is 5.69 Å². The zero-order chi connectivity index (χ0) is 20.5. The van der Waals surface area contributed by atoms with E-state index < -0.39 is 0 Å². The van der Waals surface area contributed by atoms with Crippen molar-refractivity contribution in [3.05, 3.63) is 101 Å². The molecular formula is C25H28ClN3. The molecule has 1 aromatic heterocycles. The molecular weight excluding hydrogens is 378 g/mol. The van der Waals surface area contributed by atoms with Crippen molar-refractivity contribution in [1.29, 1.82) is 0 Å². The highest BCUT2D eigenvalue weighted by atomic mass is 35.5. The van der Waals surface area contributed by atoms with E-state index in [1.807, 2.05) is 18.3 Å². The van der Waals surface area contributed by atoms with Crippen molar-refractivity contribution < 1.29 is 0 Å². The quantitative estimate of drug-likeness (QED) is 0.409. The smallest absolute Gasteiger partial charge is 0.0410 e. The van der Waals surface area contributed by atoms with E-state index in [9.17, 15) is 0 Å². The van der Waals surface area contributed by atoms with Gasteiger partial charge in [-0.3, -0.25) is 4.98 Å². The molecule has 1 heterocycles. The molecule has 3 aromatic rings. The van der Waals surface area contributed by atoms with Gasteiger partial charge in [-0.05, 0) is 72.7 Å². The van der Waals surface area contributed by atoms with Crippen LogP contribution in [0.1, 0.15) is 35.6 Å². The molecule has 3 rings (SSSR count). The Morgan fingerprint density at radius 1 is 1.07 bits per heavy atom. The lowest BCUT2D eigenvalue weighted by atomic mass is 10.0. The predicted molar refractivity (Wildman–Crippen MR) is 124 cm³/mol. The molecule has 0 aliphatic rings. The van der Waals surface area contributed by atoms with Gasteiger partial charge in [-0.2, -0.15) is 0 Å². The predicted octanol–water partition coefficient (Wildman–Crippen LogP) is 5.95. The molecule has 0 amide bonds. The molecule has 0 saturated carbocycles. The lowest BCUT2D eigenvalue weighted by Crippen LogP contribution is -2.14. The molecule has 0 unspecified atom stereocenters. The molecule has 2 N–H and O–H groups in total. The Hall–Kier alpha value is -2.78. The van der Waals surface area contributed by atoms with E-state index in [-0.39, 0.29) is 0 Å². The molecule has 2 aromatic carbocycles. The van der Waals surface area contributed by atoms with E-state index in [0.29, 0.717) is 0 Å². The number of pyridine rings is 1. The standard InChI is InChI=1S/C25H28ClN3/c1-3-28-25-13-12-24(26)17-23(25)7-5-15-29-19(2)22-10-8-20(9-11-22)16-21-6-4-14-27-18-21/h4,6,8-14,17-18,28-29H,2-3,5,7,15-16H2,1H3. The van der Waals surface area contributed by atoms with Crippen LogP contribution in [0.15, 0.2) is 73.6 Å². The van der Waals surface area contributed by atoms with Crippen molar-refractivity contribution in [3.8, 4) is 0 Å². The number of halogens is 1. The monoisotopic (exact) mass is 405 g/mol. The first-order chi connectivity index (χ1) is 14.2. The summed E-state index contributed by atoms with van der Waals surface area (Å²) in [6.07, 6.45) is 6.58. The average molecular weight is 406 g/mol. The molecule has 29 heavy (non-hydrogen) atoms. The second kappa shape index (κ2) is 10.7. The summed E-state index contributed by atoms with van der Waals surface area (Å²) in [5.41, 5.74) is 6.99. The molecule has 0 fully saturated rings. The van der Waals surface area contributed by atoms with E-state index >= 15 is 0 Å². The van der Waals surface area contributed by atoms with Crippen LogP contribution in [-0.4, -0.2) is 18.1 Å². The van der Waals surface area contributed by atoms with Gasteiger partial charge in [-0.1, -0.05) is 48.5 Å². The first-order valence-corrected chi connectivity index (χ1v) is 10.5. The van der Waals surface area contributed by atoms with Crippen LogP contribution < -0.4 is 10.6 Å². The van der Waals surface area contributed by atoms with Crippen LogP contribution >= 0.6 is 11.6 Å². The number of hydrogen-bond acceptors (Lipinski definition) is 3. The number of rotatable bonds is 10. The molecule has 0 radical (unpaired) electrons. The first-order valence-electron chi connectivity index (χ1n) is 10.1. The summed E-state index contributed by atoms with van der Waals surface area (Å²) in [7, 11) is 0. The second-order valence-corrected chi connectivity index (χ2v) is 7.51. The SMILES string of the molecule is C=C(NCCCc1cc(Cl)ccc1NCC)c1ccc(Cc2cccnc2)cc1. The zero-order valence-electron chi connectivity index (χ0n) is 16.9. The number of nitrogens with zero attached hydrogens (tertiary/aromatic N) is 1. The van der Waals surface area contributed by atoms with Crippen molar-refractivity contribution in [2.45, 2.75) is 26.2 Å². The van der Waals surface area contributed by atoms with Crippen LogP contribution in [0.2, 0.25) is 5.02 Å². The molecule has 0 spiro atoms. The Bertz CT molecular complexity index is 921. The van der Waals surface area contributed by atoms with Gasteiger partial charge in [0.15, 0.2) is 0 Å². The number of nitrogens with one attached hydrogen (secondary N) is 2. The molecule has 0 aliphatic carbocycles. The largest absolute Gasteiger partial charge is 0.385 e. The molecule has 0 aliphatic heterocycles. The lowest BCUT2D eigenvalue weighted by Gasteiger charge is -2.13. The number of anilines is 1. The zero-order valence-corrected chi connectivity index (χ0v) is 17.7. The van der Waals surface area contributed by atoms with Gasteiger partial charge in [-0.25, -0.2) is 0 Å².